The van der Waals surface area contributed by atoms with Crippen LogP contribution in [0.1, 0.15) is 24.5 Å². The van der Waals surface area contributed by atoms with E-state index < -0.39 is 0 Å². The molecule has 5 nitrogen and oxygen atoms in total. The molecular formula is C21H18N4OS. The van der Waals surface area contributed by atoms with Gasteiger partial charge in [0.1, 0.15) is 0 Å². The molecule has 1 aliphatic rings. The van der Waals surface area contributed by atoms with E-state index in [9.17, 15) is 4.79 Å². The Bertz CT molecular complexity index is 1190. The van der Waals surface area contributed by atoms with Crippen LogP contribution in [0.15, 0.2) is 69.2 Å². The predicted octanol–water partition coefficient (Wildman–Crippen LogP) is 4.53. The summed E-state index contributed by atoms with van der Waals surface area (Å²) >= 11 is 1.65. The van der Waals surface area contributed by atoms with E-state index in [-0.39, 0.29) is 5.56 Å². The van der Waals surface area contributed by atoms with Crippen LogP contribution in [-0.2, 0) is 0 Å². The zero-order valence-electron chi connectivity index (χ0n) is 14.5. The van der Waals surface area contributed by atoms with E-state index in [1.807, 2.05) is 48.5 Å². The quantitative estimate of drug-likeness (QED) is 0.458. The van der Waals surface area contributed by atoms with Gasteiger partial charge in [-0.25, -0.2) is 4.98 Å². The second-order valence-electron chi connectivity index (χ2n) is 6.84. The number of para-hydroxylation sites is 1. The topological polar surface area (TPSA) is 87.6 Å². The Balaban J connectivity index is 1.67. The Hall–Kier alpha value is -2.99. The number of rotatable bonds is 4. The number of aromatic amines is 2. The number of benzene rings is 2. The van der Waals surface area contributed by atoms with Crippen molar-refractivity contribution in [3.63, 3.8) is 0 Å². The summed E-state index contributed by atoms with van der Waals surface area (Å²) in [5.74, 6) is 0.431. The number of pyridine rings is 1. The van der Waals surface area contributed by atoms with Crippen molar-refractivity contribution in [2.24, 2.45) is 0 Å². The average molecular weight is 374 g/mol. The monoisotopic (exact) mass is 374 g/mol. The number of aromatic nitrogens is 3. The Morgan fingerprint density at radius 2 is 1.81 bits per heavy atom. The van der Waals surface area contributed by atoms with Crippen LogP contribution in [-0.4, -0.2) is 15.2 Å². The highest BCUT2D eigenvalue weighted by molar-refractivity contribution is 7.99. The molecule has 2 heterocycles. The first kappa shape index (κ1) is 16.2. The number of fused-ring (bicyclic) bond motifs is 1. The van der Waals surface area contributed by atoms with Gasteiger partial charge in [0.15, 0.2) is 0 Å². The molecule has 0 aliphatic heterocycles. The Morgan fingerprint density at radius 1 is 1.04 bits per heavy atom. The number of nitrogen functional groups attached to an aromatic ring is 1. The van der Waals surface area contributed by atoms with Crippen LogP contribution in [0, 0.1) is 0 Å². The van der Waals surface area contributed by atoms with Crippen molar-refractivity contribution in [1.29, 1.82) is 0 Å². The highest BCUT2D eigenvalue weighted by Crippen LogP contribution is 2.43. The molecule has 0 radical (unpaired) electrons. The number of anilines is 1. The molecule has 1 fully saturated rings. The lowest BCUT2D eigenvalue weighted by Gasteiger charge is -2.10. The molecule has 0 unspecified atom stereocenters. The standard InChI is InChI=1S/C21H18N4OS/c22-13-7-9-14(10-8-13)27-18-11-17(23-16-4-2-1-3-15(16)18)19-20(12-5-6-12)24-25-21(19)26/h1-4,7-12H,5-6,22H2,(H2,24,25,26). The summed E-state index contributed by atoms with van der Waals surface area (Å²) in [6, 6.07) is 17.9. The van der Waals surface area contributed by atoms with Crippen LogP contribution in [0.2, 0.25) is 0 Å². The molecule has 4 aromatic rings. The van der Waals surface area contributed by atoms with E-state index in [1.54, 1.807) is 11.8 Å². The molecule has 2 aromatic heterocycles. The fourth-order valence-corrected chi connectivity index (χ4v) is 4.30. The minimum Gasteiger partial charge on any atom is -0.399 e. The van der Waals surface area contributed by atoms with Crippen molar-refractivity contribution >= 4 is 28.4 Å². The largest absolute Gasteiger partial charge is 0.399 e. The lowest BCUT2D eigenvalue weighted by molar-refractivity contribution is 0.956. The van der Waals surface area contributed by atoms with Gasteiger partial charge in [-0.15, -0.1) is 0 Å². The molecule has 0 atom stereocenters. The zero-order valence-corrected chi connectivity index (χ0v) is 15.3. The van der Waals surface area contributed by atoms with Gasteiger partial charge in [0.05, 0.1) is 16.8 Å². The van der Waals surface area contributed by atoms with E-state index >= 15 is 0 Å². The van der Waals surface area contributed by atoms with E-state index in [2.05, 4.69) is 16.3 Å². The molecule has 134 valence electrons. The van der Waals surface area contributed by atoms with Crippen LogP contribution >= 0.6 is 11.8 Å². The van der Waals surface area contributed by atoms with Gasteiger partial charge in [-0.2, -0.15) is 0 Å². The van der Waals surface area contributed by atoms with Gasteiger partial charge in [0.25, 0.3) is 5.56 Å². The Labute approximate surface area is 160 Å². The molecular weight excluding hydrogens is 356 g/mol. The summed E-state index contributed by atoms with van der Waals surface area (Å²) in [6.45, 7) is 0. The van der Waals surface area contributed by atoms with Gasteiger partial charge < -0.3 is 10.8 Å². The van der Waals surface area contributed by atoms with Crippen molar-refractivity contribution in [2.75, 3.05) is 5.73 Å². The smallest absolute Gasteiger partial charge is 0.273 e. The maximum absolute atomic E-state index is 12.5. The minimum absolute atomic E-state index is 0.108. The second kappa shape index (κ2) is 6.32. The highest BCUT2D eigenvalue weighted by Gasteiger charge is 2.30. The summed E-state index contributed by atoms with van der Waals surface area (Å²) in [7, 11) is 0. The summed E-state index contributed by atoms with van der Waals surface area (Å²) in [6.07, 6.45) is 2.23. The van der Waals surface area contributed by atoms with Crippen LogP contribution in [0.4, 0.5) is 5.69 Å². The normalized spacial score (nSPS) is 13.9. The summed E-state index contributed by atoms with van der Waals surface area (Å²) in [5, 5.41) is 6.87. The van der Waals surface area contributed by atoms with Crippen LogP contribution in [0.25, 0.3) is 22.2 Å². The SMILES string of the molecule is Nc1ccc(Sc2cc(-c3c(C4CC4)[nH][nH]c3=O)nc3ccccc23)cc1. The van der Waals surface area contributed by atoms with Crippen molar-refractivity contribution in [3.05, 3.63) is 70.6 Å². The molecule has 4 N–H and O–H groups in total. The zero-order chi connectivity index (χ0) is 18.4. The third-order valence-corrected chi connectivity index (χ3v) is 5.90. The minimum atomic E-state index is -0.108. The van der Waals surface area contributed by atoms with Crippen LogP contribution in [0.5, 0.6) is 0 Å². The summed E-state index contributed by atoms with van der Waals surface area (Å²) in [4.78, 5) is 19.4. The van der Waals surface area contributed by atoms with Crippen molar-refractivity contribution < 1.29 is 0 Å². The number of hydrogen-bond acceptors (Lipinski definition) is 4. The maximum atomic E-state index is 12.5. The number of nitrogens with one attached hydrogen (secondary N) is 2. The number of H-pyrrole nitrogens is 2. The van der Waals surface area contributed by atoms with Crippen LogP contribution in [0.3, 0.4) is 0 Å². The third-order valence-electron chi connectivity index (χ3n) is 4.83. The molecule has 2 aromatic carbocycles. The third kappa shape index (κ3) is 3.02. The van der Waals surface area contributed by atoms with Gasteiger partial charge in [0.2, 0.25) is 0 Å². The van der Waals surface area contributed by atoms with Gasteiger partial charge in [-0.05, 0) is 49.2 Å². The van der Waals surface area contributed by atoms with E-state index in [0.29, 0.717) is 11.5 Å². The Morgan fingerprint density at radius 3 is 2.59 bits per heavy atom. The fraction of sp³-hybridized carbons (Fsp3) is 0.143. The first-order chi connectivity index (χ1) is 13.2. The first-order valence-corrected chi connectivity index (χ1v) is 9.75. The van der Waals surface area contributed by atoms with Gasteiger partial charge in [-0.1, -0.05) is 30.0 Å². The Kier molecular flexibility index (Phi) is 3.79. The lowest BCUT2D eigenvalue weighted by Crippen LogP contribution is -2.04. The molecule has 1 saturated carbocycles. The molecule has 5 rings (SSSR count). The number of hydrogen-bond donors (Lipinski definition) is 3. The first-order valence-electron chi connectivity index (χ1n) is 8.93. The molecule has 0 saturated heterocycles. The number of nitrogens with two attached hydrogens (primary N) is 1. The summed E-state index contributed by atoms with van der Waals surface area (Å²) in [5.41, 5.74) is 9.69. The average Bonchev–Trinajstić information content (AvgIpc) is 3.45. The van der Waals surface area contributed by atoms with E-state index in [4.69, 9.17) is 10.7 Å². The molecule has 0 spiro atoms. The molecule has 1 aliphatic carbocycles. The molecule has 0 amide bonds. The van der Waals surface area contributed by atoms with Crippen molar-refractivity contribution in [1.82, 2.24) is 15.2 Å². The molecule has 6 heteroatoms. The van der Waals surface area contributed by atoms with Crippen LogP contribution < -0.4 is 11.3 Å². The summed E-state index contributed by atoms with van der Waals surface area (Å²) < 4.78 is 0. The van der Waals surface area contributed by atoms with Gasteiger partial charge in [-0.3, -0.25) is 9.89 Å². The lowest BCUT2D eigenvalue weighted by atomic mass is 10.1. The molecule has 0 bridgehead atoms. The highest BCUT2D eigenvalue weighted by atomic mass is 32.2. The van der Waals surface area contributed by atoms with Crippen molar-refractivity contribution in [2.45, 2.75) is 28.6 Å². The van der Waals surface area contributed by atoms with Crippen molar-refractivity contribution in [3.8, 4) is 11.3 Å². The van der Waals surface area contributed by atoms with Gasteiger partial charge >= 0.3 is 0 Å². The van der Waals surface area contributed by atoms with E-state index in [0.717, 1.165) is 50.6 Å². The van der Waals surface area contributed by atoms with Gasteiger partial charge in [0, 0.05) is 32.5 Å². The molecule has 27 heavy (non-hydrogen) atoms. The predicted molar refractivity (Wildman–Crippen MR) is 109 cm³/mol. The fourth-order valence-electron chi connectivity index (χ4n) is 3.32. The van der Waals surface area contributed by atoms with E-state index in [1.165, 1.54) is 0 Å². The number of nitrogens with zero attached hydrogens (tertiary/aromatic N) is 1. The maximum Gasteiger partial charge on any atom is 0.273 e. The second-order valence-corrected chi connectivity index (χ2v) is 7.95.